The number of nitrogens with one attached hydrogen (secondary N) is 1. The first-order valence-electron chi connectivity index (χ1n) is 5.52. The highest BCUT2D eigenvalue weighted by molar-refractivity contribution is 5.76. The van der Waals surface area contributed by atoms with Gasteiger partial charge >= 0.3 is 0 Å². The van der Waals surface area contributed by atoms with E-state index < -0.39 is 0 Å². The van der Waals surface area contributed by atoms with Crippen molar-refractivity contribution in [1.29, 1.82) is 0 Å². The van der Waals surface area contributed by atoms with Crippen LogP contribution < -0.4 is 5.43 Å². The first-order valence-corrected chi connectivity index (χ1v) is 5.52. The van der Waals surface area contributed by atoms with Crippen molar-refractivity contribution in [3.8, 4) is 0 Å². The number of hydrazine groups is 1. The molecule has 6 heteroatoms. The number of rotatable bonds is 5. The summed E-state index contributed by atoms with van der Waals surface area (Å²) in [6, 6.07) is 5.61. The van der Waals surface area contributed by atoms with Gasteiger partial charge in [0.1, 0.15) is 12.1 Å². The van der Waals surface area contributed by atoms with E-state index in [-0.39, 0.29) is 12.5 Å². The van der Waals surface area contributed by atoms with Crippen LogP contribution >= 0.6 is 0 Å². The predicted octanol–water partition coefficient (Wildman–Crippen LogP) is 0.937. The van der Waals surface area contributed by atoms with Gasteiger partial charge in [-0.25, -0.2) is 9.99 Å². The molecule has 2 aromatic rings. The van der Waals surface area contributed by atoms with E-state index >= 15 is 0 Å². The van der Waals surface area contributed by atoms with E-state index in [1.54, 1.807) is 19.1 Å². The molecule has 1 N–H and O–H groups in total. The van der Waals surface area contributed by atoms with Gasteiger partial charge in [0.05, 0.1) is 6.61 Å². The Morgan fingerprint density at radius 2 is 2.33 bits per heavy atom. The number of hydrogen-bond donors (Lipinski definition) is 1. The van der Waals surface area contributed by atoms with Gasteiger partial charge in [0, 0.05) is 14.1 Å². The zero-order chi connectivity index (χ0) is 13.0. The molecule has 0 aliphatic carbocycles. The standard InChI is InChI=1S/C12H15N3O3/c1-15(2)14-12(16)7-17-6-9-3-4-10-11(5-9)18-8-13-10/h3-5,8H,6-7H2,1-2H3,(H,14,16). The molecule has 0 bridgehead atoms. The van der Waals surface area contributed by atoms with Gasteiger partial charge in [0.2, 0.25) is 0 Å². The second kappa shape index (κ2) is 5.61. The zero-order valence-electron chi connectivity index (χ0n) is 10.3. The van der Waals surface area contributed by atoms with Crippen LogP contribution in [0.25, 0.3) is 11.1 Å². The van der Waals surface area contributed by atoms with E-state index in [9.17, 15) is 4.79 Å². The fraction of sp³-hybridized carbons (Fsp3) is 0.333. The number of fused-ring (bicyclic) bond motifs is 1. The van der Waals surface area contributed by atoms with Gasteiger partial charge in [0.25, 0.3) is 5.91 Å². The second-order valence-corrected chi connectivity index (χ2v) is 4.08. The number of carbonyl (C=O) groups excluding carboxylic acids is 1. The van der Waals surface area contributed by atoms with Crippen LogP contribution in [-0.2, 0) is 16.1 Å². The van der Waals surface area contributed by atoms with Gasteiger partial charge in [0.15, 0.2) is 12.0 Å². The van der Waals surface area contributed by atoms with E-state index in [4.69, 9.17) is 9.15 Å². The lowest BCUT2D eigenvalue weighted by atomic mass is 10.2. The second-order valence-electron chi connectivity index (χ2n) is 4.08. The molecule has 1 heterocycles. The van der Waals surface area contributed by atoms with E-state index in [1.807, 2.05) is 18.2 Å². The van der Waals surface area contributed by atoms with Gasteiger partial charge in [-0.05, 0) is 17.7 Å². The molecule has 2 rings (SSSR count). The number of oxazole rings is 1. The fourth-order valence-electron chi connectivity index (χ4n) is 1.53. The first kappa shape index (κ1) is 12.5. The highest BCUT2D eigenvalue weighted by Gasteiger charge is 2.04. The molecule has 0 saturated heterocycles. The summed E-state index contributed by atoms with van der Waals surface area (Å²) in [5.41, 5.74) is 5.06. The minimum absolute atomic E-state index is 0.0205. The van der Waals surface area contributed by atoms with Crippen molar-refractivity contribution in [3.05, 3.63) is 30.2 Å². The zero-order valence-corrected chi connectivity index (χ0v) is 10.3. The summed E-state index contributed by atoms with van der Waals surface area (Å²) in [7, 11) is 3.49. The monoisotopic (exact) mass is 249 g/mol. The Hall–Kier alpha value is -1.92. The van der Waals surface area contributed by atoms with Crippen molar-refractivity contribution in [2.45, 2.75) is 6.61 Å². The molecule has 0 atom stereocenters. The number of benzene rings is 1. The SMILES string of the molecule is CN(C)NC(=O)COCc1ccc2ncoc2c1. The third kappa shape index (κ3) is 3.28. The van der Waals surface area contributed by atoms with Crippen LogP contribution in [0.5, 0.6) is 0 Å². The Morgan fingerprint density at radius 1 is 1.50 bits per heavy atom. The van der Waals surface area contributed by atoms with Gasteiger partial charge in [-0.1, -0.05) is 6.07 Å². The third-order valence-electron chi connectivity index (χ3n) is 2.25. The quantitative estimate of drug-likeness (QED) is 0.799. The van der Waals surface area contributed by atoms with Crippen LogP contribution in [0.15, 0.2) is 29.0 Å². The summed E-state index contributed by atoms with van der Waals surface area (Å²) in [6.07, 6.45) is 1.40. The van der Waals surface area contributed by atoms with Crippen molar-refractivity contribution >= 4 is 17.0 Å². The van der Waals surface area contributed by atoms with Gasteiger partial charge in [-0.2, -0.15) is 0 Å². The molecule has 18 heavy (non-hydrogen) atoms. The number of carbonyl (C=O) groups is 1. The normalized spacial score (nSPS) is 11.1. The molecule has 0 aliphatic rings. The van der Waals surface area contributed by atoms with E-state index in [0.29, 0.717) is 12.2 Å². The Labute approximate surface area is 105 Å². The van der Waals surface area contributed by atoms with Crippen molar-refractivity contribution in [2.24, 2.45) is 0 Å². The molecule has 1 aromatic carbocycles. The molecular weight excluding hydrogens is 234 g/mol. The molecule has 0 fully saturated rings. The fourth-order valence-corrected chi connectivity index (χ4v) is 1.53. The van der Waals surface area contributed by atoms with Crippen molar-refractivity contribution < 1.29 is 13.9 Å². The largest absolute Gasteiger partial charge is 0.443 e. The number of amides is 1. The molecule has 0 unspecified atom stereocenters. The van der Waals surface area contributed by atoms with Gasteiger partial charge < -0.3 is 9.15 Å². The molecule has 0 saturated carbocycles. The lowest BCUT2D eigenvalue weighted by Crippen LogP contribution is -2.38. The third-order valence-corrected chi connectivity index (χ3v) is 2.25. The Kier molecular flexibility index (Phi) is 3.91. The minimum Gasteiger partial charge on any atom is -0.443 e. The minimum atomic E-state index is -0.180. The number of hydrogen-bond acceptors (Lipinski definition) is 5. The number of aromatic nitrogens is 1. The molecule has 0 spiro atoms. The number of nitrogens with zero attached hydrogens (tertiary/aromatic N) is 2. The summed E-state index contributed by atoms with van der Waals surface area (Å²) in [6.45, 7) is 0.379. The van der Waals surface area contributed by atoms with Crippen molar-refractivity contribution in [3.63, 3.8) is 0 Å². The Bertz CT molecular complexity index is 536. The van der Waals surface area contributed by atoms with Gasteiger partial charge in [-0.3, -0.25) is 10.2 Å². The van der Waals surface area contributed by atoms with Crippen LogP contribution in [-0.4, -0.2) is 36.6 Å². The van der Waals surface area contributed by atoms with Gasteiger partial charge in [-0.15, -0.1) is 0 Å². The highest BCUT2D eigenvalue weighted by Crippen LogP contribution is 2.14. The summed E-state index contributed by atoms with van der Waals surface area (Å²) < 4.78 is 10.5. The Morgan fingerprint density at radius 3 is 3.11 bits per heavy atom. The Balaban J connectivity index is 1.84. The van der Waals surface area contributed by atoms with Crippen LogP contribution in [0.4, 0.5) is 0 Å². The average Bonchev–Trinajstić information content (AvgIpc) is 2.75. The maximum atomic E-state index is 11.3. The topological polar surface area (TPSA) is 67.6 Å². The highest BCUT2D eigenvalue weighted by atomic mass is 16.5. The smallest absolute Gasteiger partial charge is 0.260 e. The summed E-state index contributed by atoms with van der Waals surface area (Å²) in [5.74, 6) is -0.180. The van der Waals surface area contributed by atoms with Crippen LogP contribution in [0.2, 0.25) is 0 Å². The molecule has 96 valence electrons. The molecule has 1 amide bonds. The maximum absolute atomic E-state index is 11.3. The van der Waals surface area contributed by atoms with Crippen LogP contribution in [0, 0.1) is 0 Å². The van der Waals surface area contributed by atoms with Crippen LogP contribution in [0.1, 0.15) is 5.56 Å². The first-order chi connectivity index (χ1) is 8.65. The average molecular weight is 249 g/mol. The van der Waals surface area contributed by atoms with E-state index in [1.165, 1.54) is 6.39 Å². The summed E-state index contributed by atoms with van der Waals surface area (Å²) in [4.78, 5) is 15.3. The van der Waals surface area contributed by atoms with Crippen molar-refractivity contribution in [2.75, 3.05) is 20.7 Å². The molecule has 0 radical (unpaired) electrons. The maximum Gasteiger partial charge on any atom is 0.260 e. The van der Waals surface area contributed by atoms with E-state index in [0.717, 1.165) is 11.1 Å². The lowest BCUT2D eigenvalue weighted by molar-refractivity contribution is -0.129. The summed E-state index contributed by atoms with van der Waals surface area (Å²) in [5, 5.41) is 1.58. The van der Waals surface area contributed by atoms with Crippen molar-refractivity contribution in [1.82, 2.24) is 15.4 Å². The van der Waals surface area contributed by atoms with E-state index in [2.05, 4.69) is 10.4 Å². The molecule has 1 aromatic heterocycles. The lowest BCUT2D eigenvalue weighted by Gasteiger charge is -2.11. The molecule has 0 aliphatic heterocycles. The summed E-state index contributed by atoms with van der Waals surface area (Å²) >= 11 is 0. The van der Waals surface area contributed by atoms with Crippen LogP contribution in [0.3, 0.4) is 0 Å². The molecular formula is C12H15N3O3. The molecule has 6 nitrogen and oxygen atoms in total. The number of ether oxygens (including phenoxy) is 1. The predicted molar refractivity (Wildman–Crippen MR) is 65.5 cm³/mol.